The highest BCUT2D eigenvalue weighted by Crippen LogP contribution is 2.59. The molecule has 6 heteroatoms. The monoisotopic (exact) mass is 345 g/mol. The van der Waals surface area contributed by atoms with Gasteiger partial charge in [0.1, 0.15) is 5.60 Å². The van der Waals surface area contributed by atoms with Crippen LogP contribution >= 0.6 is 11.6 Å². The first kappa shape index (κ1) is 15.7. The maximum atomic E-state index is 12.9. The molecule has 2 aliphatic carbocycles. The van der Waals surface area contributed by atoms with Crippen molar-refractivity contribution in [3.8, 4) is 0 Å². The molecule has 2 saturated carbocycles. The number of hydrogen-bond acceptors (Lipinski definition) is 3. The quantitative estimate of drug-likeness (QED) is 0.845. The number of amides is 1. The van der Waals surface area contributed by atoms with Gasteiger partial charge >= 0.3 is 0 Å². The number of aliphatic hydroxyl groups is 1. The van der Waals surface area contributed by atoms with Crippen molar-refractivity contribution in [1.29, 1.82) is 0 Å². The normalized spacial score (nSPS) is 21.1. The molecule has 24 heavy (non-hydrogen) atoms. The van der Waals surface area contributed by atoms with E-state index < -0.39 is 11.0 Å². The van der Waals surface area contributed by atoms with Gasteiger partial charge in [0.25, 0.3) is 0 Å². The van der Waals surface area contributed by atoms with Crippen LogP contribution in [0, 0.1) is 5.41 Å². The highest BCUT2D eigenvalue weighted by molar-refractivity contribution is 6.30. The number of rotatable bonds is 6. The molecule has 2 N–H and O–H groups in total. The lowest BCUT2D eigenvalue weighted by atomic mass is 9.77. The molecule has 1 aromatic carbocycles. The number of nitrogens with zero attached hydrogens (tertiary/aromatic N) is 2. The minimum Gasteiger partial charge on any atom is -0.382 e. The van der Waals surface area contributed by atoms with Crippen LogP contribution in [0.5, 0.6) is 0 Å². The zero-order chi connectivity index (χ0) is 16.8. The Kier molecular flexibility index (Phi) is 3.66. The third-order valence-electron chi connectivity index (χ3n) is 5.18. The number of carbonyl (C=O) groups excluding carboxylic acids is 1. The third kappa shape index (κ3) is 2.62. The molecule has 1 unspecified atom stereocenters. The van der Waals surface area contributed by atoms with Crippen LogP contribution in [0.1, 0.15) is 31.2 Å². The van der Waals surface area contributed by atoms with Gasteiger partial charge in [-0.2, -0.15) is 0 Å². The zero-order valence-electron chi connectivity index (χ0n) is 13.3. The summed E-state index contributed by atoms with van der Waals surface area (Å²) >= 11 is 6.00. The fourth-order valence-electron chi connectivity index (χ4n) is 3.39. The van der Waals surface area contributed by atoms with E-state index in [1.807, 2.05) is 16.7 Å². The Bertz CT molecular complexity index is 736. The molecule has 5 nitrogen and oxygen atoms in total. The van der Waals surface area contributed by atoms with Crippen LogP contribution in [0.2, 0.25) is 5.02 Å². The maximum absolute atomic E-state index is 12.9. The minimum absolute atomic E-state index is 0.0393. The second-order valence-electron chi connectivity index (χ2n) is 6.93. The summed E-state index contributed by atoms with van der Waals surface area (Å²) in [6.45, 7) is 0.284. The van der Waals surface area contributed by atoms with Crippen molar-refractivity contribution < 1.29 is 9.90 Å². The average Bonchev–Trinajstić information content (AvgIpc) is 3.48. The highest BCUT2D eigenvalue weighted by Gasteiger charge is 2.65. The van der Waals surface area contributed by atoms with E-state index in [0.29, 0.717) is 23.4 Å². The van der Waals surface area contributed by atoms with Crippen LogP contribution in [0.3, 0.4) is 0 Å². The topological polar surface area (TPSA) is 67.2 Å². The standard InChI is InChI=1S/C18H20ClN3O2/c19-14-3-1-13(2-4-14)18(24,11-22-10-9-20-12-22)17(7-8-17)16(23)21-15-5-6-15/h1-4,9-10,12,15,24H,5-8,11H2,(H,21,23). The molecule has 1 heterocycles. The molecule has 4 rings (SSSR count). The third-order valence-corrected chi connectivity index (χ3v) is 5.43. The second-order valence-corrected chi connectivity index (χ2v) is 7.37. The number of nitrogens with one attached hydrogen (secondary N) is 1. The summed E-state index contributed by atoms with van der Waals surface area (Å²) in [7, 11) is 0. The number of carbonyl (C=O) groups is 1. The van der Waals surface area contributed by atoms with E-state index >= 15 is 0 Å². The molecule has 0 spiro atoms. The first-order valence-corrected chi connectivity index (χ1v) is 8.66. The van der Waals surface area contributed by atoms with E-state index in [2.05, 4.69) is 10.3 Å². The van der Waals surface area contributed by atoms with Crippen LogP contribution in [0.15, 0.2) is 43.0 Å². The predicted octanol–water partition coefficient (Wildman–Crippen LogP) is 2.48. The van der Waals surface area contributed by atoms with Gasteiger partial charge in [0.15, 0.2) is 0 Å². The summed E-state index contributed by atoms with van der Waals surface area (Å²) in [6, 6.07) is 7.40. The summed E-state index contributed by atoms with van der Waals surface area (Å²) in [6.07, 6.45) is 8.56. The van der Waals surface area contributed by atoms with Crippen LogP contribution in [0.25, 0.3) is 0 Å². The summed E-state index contributed by atoms with van der Waals surface area (Å²) in [4.78, 5) is 16.9. The molecule has 2 aromatic rings. The Morgan fingerprint density at radius 2 is 2.08 bits per heavy atom. The number of hydrogen-bond donors (Lipinski definition) is 2. The second kappa shape index (κ2) is 5.60. The van der Waals surface area contributed by atoms with Gasteiger partial charge < -0.3 is 15.0 Å². The van der Waals surface area contributed by atoms with Crippen molar-refractivity contribution in [3.63, 3.8) is 0 Å². The average molecular weight is 346 g/mol. The predicted molar refractivity (Wildman–Crippen MR) is 90.4 cm³/mol. The van der Waals surface area contributed by atoms with Crippen LogP contribution in [0.4, 0.5) is 0 Å². The number of imidazole rings is 1. The van der Waals surface area contributed by atoms with Crippen molar-refractivity contribution in [2.45, 2.75) is 43.9 Å². The van der Waals surface area contributed by atoms with Crippen molar-refractivity contribution in [3.05, 3.63) is 53.6 Å². The summed E-state index contributed by atoms with van der Waals surface area (Å²) in [5, 5.41) is 15.4. The van der Waals surface area contributed by atoms with Gasteiger partial charge in [-0.3, -0.25) is 4.79 Å². The Balaban J connectivity index is 1.72. The highest BCUT2D eigenvalue weighted by atomic mass is 35.5. The molecule has 0 aliphatic heterocycles. The smallest absolute Gasteiger partial charge is 0.229 e. The van der Waals surface area contributed by atoms with Gasteiger partial charge in [-0.25, -0.2) is 4.98 Å². The molecule has 1 aromatic heterocycles. The van der Waals surface area contributed by atoms with Gasteiger partial charge in [-0.1, -0.05) is 23.7 Å². The molecule has 2 fully saturated rings. The molecule has 1 amide bonds. The largest absolute Gasteiger partial charge is 0.382 e. The summed E-state index contributed by atoms with van der Waals surface area (Å²) < 4.78 is 1.82. The Labute approximate surface area is 145 Å². The maximum Gasteiger partial charge on any atom is 0.229 e. The van der Waals surface area contributed by atoms with Crippen molar-refractivity contribution >= 4 is 17.5 Å². The Morgan fingerprint density at radius 3 is 2.62 bits per heavy atom. The van der Waals surface area contributed by atoms with Gasteiger partial charge in [-0.05, 0) is 43.4 Å². The fourth-order valence-corrected chi connectivity index (χ4v) is 3.52. The lowest BCUT2D eigenvalue weighted by Gasteiger charge is -2.36. The lowest BCUT2D eigenvalue weighted by Crippen LogP contribution is -2.49. The fraction of sp³-hybridized carbons (Fsp3) is 0.444. The minimum atomic E-state index is -1.29. The van der Waals surface area contributed by atoms with Crippen molar-refractivity contribution in [1.82, 2.24) is 14.9 Å². The van der Waals surface area contributed by atoms with E-state index in [1.165, 1.54) is 0 Å². The lowest BCUT2D eigenvalue weighted by molar-refractivity contribution is -0.141. The van der Waals surface area contributed by atoms with Crippen molar-refractivity contribution in [2.75, 3.05) is 0 Å². The first-order chi connectivity index (χ1) is 11.5. The van der Waals surface area contributed by atoms with E-state index in [4.69, 9.17) is 11.6 Å². The van der Waals surface area contributed by atoms with Crippen molar-refractivity contribution in [2.24, 2.45) is 5.41 Å². The van der Waals surface area contributed by atoms with Gasteiger partial charge in [0.05, 0.1) is 18.3 Å². The van der Waals surface area contributed by atoms with E-state index in [0.717, 1.165) is 12.8 Å². The molecule has 1 atom stereocenters. The number of halogens is 1. The Morgan fingerprint density at radius 1 is 1.38 bits per heavy atom. The SMILES string of the molecule is O=C(NC1CC1)C1(C(O)(Cn2ccnc2)c2ccc(Cl)cc2)CC1. The number of aromatic nitrogens is 2. The summed E-state index contributed by atoms with van der Waals surface area (Å²) in [5.74, 6) is -0.0393. The zero-order valence-corrected chi connectivity index (χ0v) is 14.0. The van der Waals surface area contributed by atoms with Crippen LogP contribution < -0.4 is 5.32 Å². The molecule has 126 valence electrons. The van der Waals surface area contributed by atoms with E-state index in [1.54, 1.807) is 30.9 Å². The van der Waals surface area contributed by atoms with Crippen LogP contribution in [-0.2, 0) is 16.9 Å². The van der Waals surface area contributed by atoms with Crippen LogP contribution in [-0.4, -0.2) is 26.6 Å². The van der Waals surface area contributed by atoms with Gasteiger partial charge in [0, 0.05) is 23.5 Å². The van der Waals surface area contributed by atoms with E-state index in [-0.39, 0.29) is 18.5 Å². The molecule has 2 aliphatic rings. The Hall–Kier alpha value is -1.85. The number of benzene rings is 1. The molecule has 0 radical (unpaired) electrons. The molecular formula is C18H20ClN3O2. The van der Waals surface area contributed by atoms with E-state index in [9.17, 15) is 9.90 Å². The summed E-state index contributed by atoms with van der Waals surface area (Å²) in [5.41, 5.74) is -1.37. The van der Waals surface area contributed by atoms with Gasteiger partial charge in [0.2, 0.25) is 5.91 Å². The molecular weight excluding hydrogens is 326 g/mol. The first-order valence-electron chi connectivity index (χ1n) is 8.29. The molecule has 0 bridgehead atoms. The van der Waals surface area contributed by atoms with Gasteiger partial charge in [-0.15, -0.1) is 0 Å². The molecule has 0 saturated heterocycles.